The molecule has 0 heterocycles. The Kier molecular flexibility index (Phi) is 12.9. The van der Waals surface area contributed by atoms with E-state index in [-0.39, 0.29) is 6.61 Å². The summed E-state index contributed by atoms with van der Waals surface area (Å²) in [7, 11) is -4.05. The van der Waals surface area contributed by atoms with Gasteiger partial charge in [0.25, 0.3) is 0 Å². The van der Waals surface area contributed by atoms with E-state index < -0.39 is 25.2 Å². The lowest BCUT2D eigenvalue weighted by molar-refractivity contribution is -0.0302. The molecule has 0 spiro atoms. The lowest BCUT2D eigenvalue weighted by atomic mass is 10.5. The first-order chi connectivity index (χ1) is 11.5. The number of hydrogen-bond donors (Lipinski definition) is 1. The van der Waals surface area contributed by atoms with Crippen LogP contribution in [0.25, 0.3) is 0 Å². The van der Waals surface area contributed by atoms with Gasteiger partial charge in [0.15, 0.2) is 16.6 Å². The van der Waals surface area contributed by atoms with E-state index in [0.29, 0.717) is 26.6 Å². The molecule has 0 aromatic carbocycles. The minimum atomic E-state index is -2.15. The van der Waals surface area contributed by atoms with Crippen LogP contribution in [0.2, 0.25) is 51.4 Å². The summed E-state index contributed by atoms with van der Waals surface area (Å²) in [6.45, 7) is 15.6. The van der Waals surface area contributed by atoms with Crippen molar-refractivity contribution in [3.63, 3.8) is 0 Å². The Morgan fingerprint density at radius 3 is 1.64 bits per heavy atom. The number of ether oxygens (including phenoxy) is 3. The summed E-state index contributed by atoms with van der Waals surface area (Å²) in [4.78, 5) is 0. The van der Waals surface area contributed by atoms with E-state index in [9.17, 15) is 0 Å². The van der Waals surface area contributed by atoms with E-state index in [0.717, 1.165) is 24.9 Å². The highest BCUT2D eigenvalue weighted by Gasteiger charge is 2.39. The maximum absolute atomic E-state index is 8.73. The van der Waals surface area contributed by atoms with Crippen LogP contribution in [0.4, 0.5) is 0 Å². The van der Waals surface area contributed by atoms with E-state index in [2.05, 4.69) is 39.3 Å². The average molecular weight is 413 g/mol. The van der Waals surface area contributed by atoms with Gasteiger partial charge < -0.3 is 27.5 Å². The largest absolute Gasteiger partial charge is 0.437 e. The molecule has 0 saturated heterocycles. The predicted molar refractivity (Wildman–Crippen MR) is 109 cm³/mol. The van der Waals surface area contributed by atoms with Crippen LogP contribution in [0, 0.1) is 0 Å². The van der Waals surface area contributed by atoms with Gasteiger partial charge in [-0.05, 0) is 64.2 Å². The van der Waals surface area contributed by atoms with Crippen LogP contribution in [0.5, 0.6) is 0 Å². The first-order valence-corrected chi connectivity index (χ1v) is 18.2. The van der Waals surface area contributed by atoms with Crippen LogP contribution < -0.4 is 0 Å². The molecule has 0 radical (unpaired) electrons. The first-order valence-electron chi connectivity index (χ1n) is 9.19. The summed E-state index contributed by atoms with van der Waals surface area (Å²) < 4.78 is 28.7. The molecule has 9 heteroatoms. The van der Waals surface area contributed by atoms with Crippen LogP contribution in [0.3, 0.4) is 0 Å². The van der Waals surface area contributed by atoms with Gasteiger partial charge in [-0.2, -0.15) is 0 Å². The summed E-state index contributed by atoms with van der Waals surface area (Å²) in [5, 5.41) is 8.73. The Morgan fingerprint density at radius 1 is 0.720 bits per heavy atom. The fourth-order valence-corrected chi connectivity index (χ4v) is 17.0. The van der Waals surface area contributed by atoms with Crippen molar-refractivity contribution >= 4 is 25.2 Å². The monoisotopic (exact) mass is 412 g/mol. The van der Waals surface area contributed by atoms with Crippen molar-refractivity contribution in [2.45, 2.75) is 64.2 Å². The van der Waals surface area contributed by atoms with Crippen molar-refractivity contribution in [1.29, 1.82) is 0 Å². The van der Waals surface area contributed by atoms with Crippen LogP contribution in [-0.2, 0) is 22.4 Å². The maximum atomic E-state index is 8.73. The topological polar surface area (TPSA) is 66.4 Å². The Bertz CT molecular complexity index is 310. The number of aliphatic hydroxyl groups is 1. The van der Waals surface area contributed by atoms with Crippen molar-refractivity contribution in [2.75, 3.05) is 40.3 Å². The van der Waals surface area contributed by atoms with Crippen LogP contribution in [0.15, 0.2) is 0 Å². The Balaban J connectivity index is 4.24. The van der Waals surface area contributed by atoms with E-state index in [1.165, 1.54) is 0 Å². The quantitative estimate of drug-likeness (QED) is 0.238. The third-order valence-electron chi connectivity index (χ3n) is 3.62. The zero-order valence-corrected chi connectivity index (χ0v) is 20.4. The molecule has 0 bridgehead atoms. The molecule has 0 rings (SSSR count). The van der Waals surface area contributed by atoms with Crippen molar-refractivity contribution in [1.82, 2.24) is 0 Å². The molecule has 0 saturated carbocycles. The van der Waals surface area contributed by atoms with E-state index in [1.807, 2.05) is 0 Å². The molecule has 0 fully saturated rings. The molecule has 0 aromatic heterocycles. The van der Waals surface area contributed by atoms with Gasteiger partial charge in [-0.15, -0.1) is 0 Å². The molecule has 6 nitrogen and oxygen atoms in total. The molecule has 0 atom stereocenters. The number of rotatable bonds is 16. The number of hydrogen-bond acceptors (Lipinski definition) is 6. The zero-order chi connectivity index (χ0) is 19.4. The summed E-state index contributed by atoms with van der Waals surface area (Å²) in [5.74, 6) is 0. The fraction of sp³-hybridized carbons (Fsp3) is 1.00. The summed E-state index contributed by atoms with van der Waals surface area (Å²) in [5.41, 5.74) is 0. The standard InChI is InChI=1S/C16H40O6Si3/c1-18-16-20-12-9-15-24(4,5)22-25(6,7)21-23(2,3)14-8-11-19-13-10-17/h17H,8-16H2,1-7H3. The highest BCUT2D eigenvalue weighted by atomic mass is 28.5. The Labute approximate surface area is 157 Å². The van der Waals surface area contributed by atoms with Crippen molar-refractivity contribution < 1.29 is 27.5 Å². The van der Waals surface area contributed by atoms with Gasteiger partial charge >= 0.3 is 8.56 Å². The summed E-state index contributed by atoms with van der Waals surface area (Å²) in [6.07, 6.45) is 1.97. The molecule has 0 amide bonds. The third-order valence-corrected chi connectivity index (χ3v) is 15.1. The fourth-order valence-electron chi connectivity index (χ4n) is 2.96. The van der Waals surface area contributed by atoms with Gasteiger partial charge in [0.05, 0.1) is 13.2 Å². The van der Waals surface area contributed by atoms with Crippen LogP contribution in [-0.4, -0.2) is 70.6 Å². The van der Waals surface area contributed by atoms with Gasteiger partial charge in [0, 0.05) is 20.3 Å². The number of aliphatic hydroxyl groups excluding tert-OH is 1. The molecule has 1 N–H and O–H groups in total. The molecule has 152 valence electrons. The molecule has 0 aliphatic rings. The predicted octanol–water partition coefficient (Wildman–Crippen LogP) is 3.54. The van der Waals surface area contributed by atoms with Gasteiger partial charge in [-0.1, -0.05) is 0 Å². The van der Waals surface area contributed by atoms with Crippen LogP contribution in [0.1, 0.15) is 12.8 Å². The minimum absolute atomic E-state index is 0.0846. The third kappa shape index (κ3) is 15.2. The lowest BCUT2D eigenvalue weighted by Crippen LogP contribution is -2.52. The smallest absolute Gasteiger partial charge is 0.311 e. The average Bonchev–Trinajstić information content (AvgIpc) is 2.44. The first kappa shape index (κ1) is 25.4. The molecular formula is C16H40O6Si3. The Morgan fingerprint density at radius 2 is 1.20 bits per heavy atom. The highest BCUT2D eigenvalue weighted by Crippen LogP contribution is 2.26. The van der Waals surface area contributed by atoms with Gasteiger partial charge in [-0.3, -0.25) is 0 Å². The van der Waals surface area contributed by atoms with Gasteiger partial charge in [-0.25, -0.2) is 0 Å². The van der Waals surface area contributed by atoms with Crippen molar-refractivity contribution in [3.05, 3.63) is 0 Å². The molecule has 0 aliphatic carbocycles. The summed E-state index contributed by atoms with van der Waals surface area (Å²) >= 11 is 0. The van der Waals surface area contributed by atoms with Crippen molar-refractivity contribution in [2.24, 2.45) is 0 Å². The molecule has 0 aromatic rings. The molecule has 0 aliphatic heterocycles. The molecule has 0 unspecified atom stereocenters. The SMILES string of the molecule is COCOCCC[Si](C)(C)O[Si](C)(C)O[Si](C)(C)CCCOCCO. The number of methoxy groups -OCH3 is 1. The lowest BCUT2D eigenvalue weighted by Gasteiger charge is -2.38. The second kappa shape index (κ2) is 12.7. The van der Waals surface area contributed by atoms with E-state index in [4.69, 9.17) is 27.5 Å². The Hall–Kier alpha value is 0.411. The van der Waals surface area contributed by atoms with E-state index >= 15 is 0 Å². The van der Waals surface area contributed by atoms with Crippen LogP contribution >= 0.6 is 0 Å². The molecule has 25 heavy (non-hydrogen) atoms. The van der Waals surface area contributed by atoms with Crippen molar-refractivity contribution in [3.8, 4) is 0 Å². The van der Waals surface area contributed by atoms with E-state index in [1.54, 1.807) is 7.11 Å². The van der Waals surface area contributed by atoms with Gasteiger partial charge in [0.2, 0.25) is 0 Å². The van der Waals surface area contributed by atoms with Gasteiger partial charge in [0.1, 0.15) is 6.79 Å². The maximum Gasteiger partial charge on any atom is 0.311 e. The second-order valence-electron chi connectivity index (χ2n) is 7.98. The minimum Gasteiger partial charge on any atom is -0.437 e. The molecular weight excluding hydrogens is 372 g/mol. The summed E-state index contributed by atoms with van der Waals surface area (Å²) in [6, 6.07) is 2.11. The highest BCUT2D eigenvalue weighted by molar-refractivity contribution is 6.87. The normalized spacial score (nSPS) is 13.4. The second-order valence-corrected chi connectivity index (χ2v) is 20.5. The zero-order valence-electron chi connectivity index (χ0n) is 17.4.